The highest BCUT2D eigenvalue weighted by Gasteiger charge is 2.32. The van der Waals surface area contributed by atoms with Gasteiger partial charge < -0.3 is 5.32 Å². The van der Waals surface area contributed by atoms with Crippen LogP contribution in [0.4, 0.5) is 0 Å². The lowest BCUT2D eigenvalue weighted by molar-refractivity contribution is 0.197. The first-order chi connectivity index (χ1) is 9.66. The van der Waals surface area contributed by atoms with E-state index >= 15 is 0 Å². The second-order valence-electron chi connectivity index (χ2n) is 7.03. The molecule has 118 valence electrons. The molecule has 0 amide bonds. The van der Waals surface area contributed by atoms with E-state index < -0.39 is 18.1 Å². The molecular formula is C15H26N2O2SSi. The molecule has 2 rings (SSSR count). The van der Waals surface area contributed by atoms with Crippen LogP contribution in [0.3, 0.4) is 0 Å². The van der Waals surface area contributed by atoms with Crippen LogP contribution in [0.2, 0.25) is 19.6 Å². The van der Waals surface area contributed by atoms with Gasteiger partial charge in [-0.3, -0.25) is 0 Å². The van der Waals surface area contributed by atoms with Gasteiger partial charge in [-0.2, -0.15) is 0 Å². The Morgan fingerprint density at radius 2 is 1.95 bits per heavy atom. The van der Waals surface area contributed by atoms with E-state index in [1.807, 2.05) is 0 Å². The molecule has 0 spiro atoms. The number of sulfonamides is 1. The van der Waals surface area contributed by atoms with E-state index in [1.54, 1.807) is 0 Å². The SMILES string of the molecule is C[Si](C)(C)c1cccc(CNCC2CN(S(C)(=O)=O)C2)c1. The number of hydrogen-bond acceptors (Lipinski definition) is 3. The van der Waals surface area contributed by atoms with Gasteiger partial charge in [-0.1, -0.05) is 49.1 Å². The molecule has 0 radical (unpaired) electrons. The molecule has 21 heavy (non-hydrogen) atoms. The molecule has 1 heterocycles. The zero-order chi connectivity index (χ0) is 15.7. The molecule has 1 saturated heterocycles. The van der Waals surface area contributed by atoms with Crippen LogP contribution in [0, 0.1) is 5.92 Å². The van der Waals surface area contributed by atoms with Crippen molar-refractivity contribution in [2.75, 3.05) is 25.9 Å². The Kier molecular flexibility index (Phi) is 4.92. The fourth-order valence-electron chi connectivity index (χ4n) is 2.49. The van der Waals surface area contributed by atoms with Crippen molar-refractivity contribution in [1.82, 2.24) is 9.62 Å². The average molecular weight is 327 g/mol. The van der Waals surface area contributed by atoms with Crippen LogP contribution in [0.1, 0.15) is 5.56 Å². The van der Waals surface area contributed by atoms with Crippen LogP contribution >= 0.6 is 0 Å². The van der Waals surface area contributed by atoms with Crippen molar-refractivity contribution >= 4 is 23.3 Å². The first-order valence-corrected chi connectivity index (χ1v) is 12.8. The van der Waals surface area contributed by atoms with Crippen LogP contribution in [0.5, 0.6) is 0 Å². The van der Waals surface area contributed by atoms with Gasteiger partial charge in [-0.15, -0.1) is 0 Å². The Balaban J connectivity index is 1.78. The lowest BCUT2D eigenvalue weighted by Crippen LogP contribution is -2.52. The Morgan fingerprint density at radius 3 is 2.52 bits per heavy atom. The normalized spacial score (nSPS) is 17.7. The molecule has 0 bridgehead atoms. The zero-order valence-electron chi connectivity index (χ0n) is 13.4. The van der Waals surface area contributed by atoms with Gasteiger partial charge >= 0.3 is 0 Å². The van der Waals surface area contributed by atoms with E-state index in [9.17, 15) is 8.42 Å². The summed E-state index contributed by atoms with van der Waals surface area (Å²) in [5.41, 5.74) is 1.31. The highest BCUT2D eigenvalue weighted by atomic mass is 32.2. The largest absolute Gasteiger partial charge is 0.312 e. The summed E-state index contributed by atoms with van der Waals surface area (Å²) < 4.78 is 24.1. The molecule has 0 aliphatic carbocycles. The zero-order valence-corrected chi connectivity index (χ0v) is 15.2. The van der Waals surface area contributed by atoms with Gasteiger partial charge in [0.15, 0.2) is 0 Å². The van der Waals surface area contributed by atoms with E-state index in [0.717, 1.165) is 13.1 Å². The summed E-state index contributed by atoms with van der Waals surface area (Å²) in [5, 5.41) is 4.93. The van der Waals surface area contributed by atoms with Gasteiger partial charge in [-0.25, -0.2) is 12.7 Å². The topological polar surface area (TPSA) is 49.4 Å². The summed E-state index contributed by atoms with van der Waals surface area (Å²) in [6.45, 7) is 10.1. The maximum Gasteiger partial charge on any atom is 0.211 e. The molecule has 1 N–H and O–H groups in total. The maximum atomic E-state index is 11.3. The van der Waals surface area contributed by atoms with Crippen LogP contribution in [-0.4, -0.2) is 46.7 Å². The predicted octanol–water partition coefficient (Wildman–Crippen LogP) is 1.21. The number of hydrogen-bond donors (Lipinski definition) is 1. The third-order valence-corrected chi connectivity index (χ3v) is 7.23. The lowest BCUT2D eigenvalue weighted by atomic mass is 10.0. The summed E-state index contributed by atoms with van der Waals surface area (Å²) in [5.74, 6) is 0.444. The molecule has 4 nitrogen and oxygen atoms in total. The second kappa shape index (κ2) is 6.20. The predicted molar refractivity (Wildman–Crippen MR) is 91.0 cm³/mol. The second-order valence-corrected chi connectivity index (χ2v) is 14.1. The third-order valence-electron chi connectivity index (χ3n) is 3.95. The van der Waals surface area contributed by atoms with Gasteiger partial charge in [0.05, 0.1) is 14.3 Å². The van der Waals surface area contributed by atoms with E-state index in [4.69, 9.17) is 0 Å². The van der Waals surface area contributed by atoms with Gasteiger partial charge in [0, 0.05) is 26.2 Å². The standard InChI is InChI=1S/C15H26N2O2SSi/c1-20(18,19)17-11-14(12-17)10-16-9-13-6-5-7-15(8-13)21(2,3)4/h5-8,14,16H,9-12H2,1-4H3. The van der Waals surface area contributed by atoms with Gasteiger partial charge in [0.2, 0.25) is 10.0 Å². The summed E-state index contributed by atoms with van der Waals surface area (Å²) in [6, 6.07) is 8.83. The van der Waals surface area contributed by atoms with E-state index in [2.05, 4.69) is 49.2 Å². The van der Waals surface area contributed by atoms with Crippen molar-refractivity contribution < 1.29 is 8.42 Å². The van der Waals surface area contributed by atoms with Crippen molar-refractivity contribution in [3.05, 3.63) is 29.8 Å². The lowest BCUT2D eigenvalue weighted by Gasteiger charge is -2.37. The van der Waals surface area contributed by atoms with Gasteiger partial charge in [0.25, 0.3) is 0 Å². The molecule has 0 aromatic heterocycles. The highest BCUT2D eigenvalue weighted by molar-refractivity contribution is 7.88. The first kappa shape index (κ1) is 16.7. The fraction of sp³-hybridized carbons (Fsp3) is 0.600. The summed E-state index contributed by atoms with van der Waals surface area (Å²) in [6.07, 6.45) is 1.28. The Labute approximate surface area is 129 Å². The molecule has 0 unspecified atom stereocenters. The van der Waals surface area contributed by atoms with Gasteiger partial charge in [0.1, 0.15) is 0 Å². The summed E-state index contributed by atoms with van der Waals surface area (Å²) in [4.78, 5) is 0. The quantitative estimate of drug-likeness (QED) is 0.800. The van der Waals surface area contributed by atoms with E-state index in [-0.39, 0.29) is 0 Å². The van der Waals surface area contributed by atoms with Crippen molar-refractivity contribution in [2.24, 2.45) is 5.92 Å². The minimum absolute atomic E-state index is 0.444. The summed E-state index contributed by atoms with van der Waals surface area (Å²) >= 11 is 0. The van der Waals surface area contributed by atoms with Crippen LogP contribution in [0.25, 0.3) is 0 Å². The van der Waals surface area contributed by atoms with E-state index in [1.165, 1.54) is 21.3 Å². The average Bonchev–Trinajstić information content (AvgIpc) is 2.29. The molecule has 1 fully saturated rings. The molecular weight excluding hydrogens is 300 g/mol. The molecule has 0 saturated carbocycles. The monoisotopic (exact) mass is 326 g/mol. The maximum absolute atomic E-state index is 11.3. The first-order valence-electron chi connectivity index (χ1n) is 7.41. The smallest absolute Gasteiger partial charge is 0.211 e. The van der Waals surface area contributed by atoms with Crippen LogP contribution in [0.15, 0.2) is 24.3 Å². The van der Waals surface area contributed by atoms with Crippen molar-refractivity contribution in [3.63, 3.8) is 0 Å². The molecule has 1 aromatic rings. The van der Waals surface area contributed by atoms with Gasteiger partial charge in [-0.05, 0) is 11.5 Å². The minimum Gasteiger partial charge on any atom is -0.312 e. The Morgan fingerprint density at radius 1 is 1.29 bits per heavy atom. The Bertz CT molecular complexity index is 590. The number of rotatable bonds is 6. The molecule has 1 aliphatic heterocycles. The number of nitrogens with zero attached hydrogens (tertiary/aromatic N) is 1. The molecule has 1 aliphatic rings. The van der Waals surface area contributed by atoms with Crippen LogP contribution < -0.4 is 10.5 Å². The number of nitrogens with one attached hydrogen (secondary N) is 1. The van der Waals surface area contributed by atoms with Crippen LogP contribution in [-0.2, 0) is 16.6 Å². The summed E-state index contributed by atoms with van der Waals surface area (Å²) in [7, 11) is -4.24. The fourth-order valence-corrected chi connectivity index (χ4v) is 4.67. The van der Waals surface area contributed by atoms with Crippen molar-refractivity contribution in [3.8, 4) is 0 Å². The molecule has 1 aromatic carbocycles. The van der Waals surface area contributed by atoms with E-state index in [0.29, 0.717) is 19.0 Å². The Hall–Kier alpha value is -0.693. The molecule has 0 atom stereocenters. The van der Waals surface area contributed by atoms with Crippen molar-refractivity contribution in [2.45, 2.75) is 26.2 Å². The minimum atomic E-state index is -2.99. The number of benzene rings is 1. The third kappa shape index (κ3) is 4.64. The van der Waals surface area contributed by atoms with Crippen molar-refractivity contribution in [1.29, 1.82) is 0 Å². The molecule has 6 heteroatoms. The highest BCUT2D eigenvalue weighted by Crippen LogP contribution is 2.17.